The van der Waals surface area contributed by atoms with E-state index >= 15 is 0 Å². The average Bonchev–Trinajstić information content (AvgIpc) is 2.88. The van der Waals surface area contributed by atoms with E-state index in [1.165, 1.54) is 12.8 Å². The second-order valence-electron chi connectivity index (χ2n) is 6.04. The maximum atomic E-state index is 4.67. The van der Waals surface area contributed by atoms with Crippen molar-refractivity contribution in [2.75, 3.05) is 31.6 Å². The molecule has 1 aromatic rings. The van der Waals surface area contributed by atoms with Crippen molar-refractivity contribution in [3.8, 4) is 0 Å². The van der Waals surface area contributed by atoms with Gasteiger partial charge in [0, 0.05) is 19.0 Å². The fraction of sp³-hybridized carbons (Fsp3) is 0.857. The Hall–Kier alpha value is -1.10. The molecule has 2 rings (SSSR count). The van der Waals surface area contributed by atoms with Crippen LogP contribution in [0.5, 0.6) is 0 Å². The van der Waals surface area contributed by atoms with Gasteiger partial charge < -0.3 is 10.2 Å². The van der Waals surface area contributed by atoms with Crippen molar-refractivity contribution in [1.82, 2.24) is 20.5 Å². The van der Waals surface area contributed by atoms with Crippen LogP contribution >= 0.6 is 0 Å². The third kappa shape index (κ3) is 3.47. The summed E-state index contributed by atoms with van der Waals surface area (Å²) in [7, 11) is 2.03. The molecule has 0 radical (unpaired) electrons. The van der Waals surface area contributed by atoms with Crippen LogP contribution in [0, 0.1) is 11.8 Å². The zero-order chi connectivity index (χ0) is 13.8. The molecule has 5 heteroatoms. The van der Waals surface area contributed by atoms with E-state index in [2.05, 4.69) is 46.2 Å². The number of anilines is 1. The molecule has 0 aliphatic carbocycles. The van der Waals surface area contributed by atoms with Crippen molar-refractivity contribution in [2.24, 2.45) is 11.8 Å². The zero-order valence-electron chi connectivity index (χ0n) is 12.6. The van der Waals surface area contributed by atoms with Crippen molar-refractivity contribution in [3.05, 3.63) is 5.82 Å². The van der Waals surface area contributed by atoms with Crippen LogP contribution < -0.4 is 10.2 Å². The van der Waals surface area contributed by atoms with E-state index in [0.29, 0.717) is 11.8 Å². The molecule has 0 bridgehead atoms. The Kier molecular flexibility index (Phi) is 4.80. The van der Waals surface area contributed by atoms with Crippen LogP contribution in [-0.2, 0) is 0 Å². The highest BCUT2D eigenvalue weighted by atomic mass is 15.4. The number of aromatic nitrogens is 3. The first-order valence-electron chi connectivity index (χ1n) is 7.43. The summed E-state index contributed by atoms with van der Waals surface area (Å²) in [5.74, 6) is 3.72. The van der Waals surface area contributed by atoms with Gasteiger partial charge in [0.15, 0.2) is 0 Å². The molecule has 108 valence electrons. The molecule has 1 aliphatic heterocycles. The summed E-state index contributed by atoms with van der Waals surface area (Å²) >= 11 is 0. The molecule has 19 heavy (non-hydrogen) atoms. The molecule has 0 amide bonds. The van der Waals surface area contributed by atoms with Gasteiger partial charge in [-0.2, -0.15) is 4.98 Å². The van der Waals surface area contributed by atoms with Crippen molar-refractivity contribution < 1.29 is 0 Å². The lowest BCUT2D eigenvalue weighted by atomic mass is 9.97. The number of H-pyrrole nitrogens is 1. The minimum Gasteiger partial charge on any atom is -0.340 e. The number of hydrogen-bond donors (Lipinski definition) is 2. The summed E-state index contributed by atoms with van der Waals surface area (Å²) < 4.78 is 0. The van der Waals surface area contributed by atoms with Crippen LogP contribution in [0.2, 0.25) is 0 Å². The summed E-state index contributed by atoms with van der Waals surface area (Å²) in [5.41, 5.74) is 0. The molecular weight excluding hydrogens is 238 g/mol. The van der Waals surface area contributed by atoms with E-state index in [-0.39, 0.29) is 0 Å². The number of hydrogen-bond acceptors (Lipinski definition) is 4. The predicted molar refractivity (Wildman–Crippen MR) is 78.5 cm³/mol. The van der Waals surface area contributed by atoms with Crippen molar-refractivity contribution in [2.45, 2.75) is 39.5 Å². The van der Waals surface area contributed by atoms with E-state index < -0.39 is 0 Å². The first-order valence-corrected chi connectivity index (χ1v) is 7.43. The molecule has 1 saturated heterocycles. The van der Waals surface area contributed by atoms with Crippen LogP contribution in [0.15, 0.2) is 0 Å². The standard InChI is InChI=1S/C14H27N5/c1-10(2)11(3)13-16-14(18-17-13)19-7-5-12(6-8-19)9-15-4/h10-12,15H,5-9H2,1-4H3,(H,16,17,18). The third-order valence-electron chi connectivity index (χ3n) is 4.31. The first kappa shape index (κ1) is 14.3. The molecule has 5 nitrogen and oxygen atoms in total. The first-order chi connectivity index (χ1) is 9.11. The lowest BCUT2D eigenvalue weighted by Crippen LogP contribution is -2.37. The number of aromatic amines is 1. The molecule has 0 saturated carbocycles. The number of piperidine rings is 1. The summed E-state index contributed by atoms with van der Waals surface area (Å²) in [6, 6.07) is 0. The normalized spacial score (nSPS) is 19.1. The summed E-state index contributed by atoms with van der Waals surface area (Å²) in [6.07, 6.45) is 2.45. The molecule has 0 aromatic carbocycles. The Bertz CT molecular complexity index is 379. The van der Waals surface area contributed by atoms with Gasteiger partial charge in [-0.3, -0.25) is 5.10 Å². The molecule has 2 heterocycles. The van der Waals surface area contributed by atoms with E-state index in [1.54, 1.807) is 0 Å². The van der Waals surface area contributed by atoms with Gasteiger partial charge in [-0.1, -0.05) is 20.8 Å². The molecule has 1 atom stereocenters. The van der Waals surface area contributed by atoms with Gasteiger partial charge >= 0.3 is 0 Å². The molecular formula is C14H27N5. The Morgan fingerprint density at radius 2 is 2.00 bits per heavy atom. The minimum absolute atomic E-state index is 0.433. The van der Waals surface area contributed by atoms with Crippen LogP contribution in [0.3, 0.4) is 0 Å². The molecule has 2 N–H and O–H groups in total. The Balaban J connectivity index is 1.93. The van der Waals surface area contributed by atoms with Gasteiger partial charge in [-0.05, 0) is 38.3 Å². The minimum atomic E-state index is 0.433. The third-order valence-corrected chi connectivity index (χ3v) is 4.31. The second kappa shape index (κ2) is 6.37. The summed E-state index contributed by atoms with van der Waals surface area (Å²) in [6.45, 7) is 9.90. The number of nitrogens with one attached hydrogen (secondary N) is 2. The van der Waals surface area contributed by atoms with Crippen LogP contribution in [0.25, 0.3) is 0 Å². The van der Waals surface area contributed by atoms with E-state index in [1.807, 2.05) is 7.05 Å². The van der Waals surface area contributed by atoms with Gasteiger partial charge in [-0.25, -0.2) is 0 Å². The van der Waals surface area contributed by atoms with Gasteiger partial charge in [0.25, 0.3) is 0 Å². The predicted octanol–water partition coefficient (Wildman–Crippen LogP) is 2.00. The molecule has 1 aliphatic rings. The highest BCUT2D eigenvalue weighted by Crippen LogP contribution is 2.24. The monoisotopic (exact) mass is 265 g/mol. The maximum Gasteiger partial charge on any atom is 0.244 e. The Morgan fingerprint density at radius 1 is 1.32 bits per heavy atom. The van der Waals surface area contributed by atoms with Crippen LogP contribution in [0.4, 0.5) is 5.95 Å². The SMILES string of the molecule is CNCC1CCN(c2n[nH]c(C(C)C(C)C)n2)CC1. The van der Waals surface area contributed by atoms with Crippen molar-refractivity contribution >= 4 is 5.95 Å². The van der Waals surface area contributed by atoms with Crippen LogP contribution in [-0.4, -0.2) is 41.9 Å². The Labute approximate surface area is 116 Å². The lowest BCUT2D eigenvalue weighted by Gasteiger charge is -2.31. The van der Waals surface area contributed by atoms with Crippen molar-refractivity contribution in [1.29, 1.82) is 0 Å². The second-order valence-corrected chi connectivity index (χ2v) is 6.04. The maximum absolute atomic E-state index is 4.67. The Morgan fingerprint density at radius 3 is 2.58 bits per heavy atom. The average molecular weight is 265 g/mol. The van der Waals surface area contributed by atoms with Crippen molar-refractivity contribution in [3.63, 3.8) is 0 Å². The highest BCUT2D eigenvalue weighted by molar-refractivity contribution is 5.29. The topological polar surface area (TPSA) is 56.8 Å². The lowest BCUT2D eigenvalue weighted by molar-refractivity contribution is 0.391. The summed E-state index contributed by atoms with van der Waals surface area (Å²) in [4.78, 5) is 6.97. The molecule has 1 fully saturated rings. The smallest absolute Gasteiger partial charge is 0.244 e. The number of nitrogens with zero attached hydrogens (tertiary/aromatic N) is 3. The quantitative estimate of drug-likeness (QED) is 0.855. The zero-order valence-corrected chi connectivity index (χ0v) is 12.6. The van der Waals surface area contributed by atoms with Gasteiger partial charge in [0.2, 0.25) is 5.95 Å². The molecule has 1 aromatic heterocycles. The fourth-order valence-corrected chi connectivity index (χ4v) is 2.55. The van der Waals surface area contributed by atoms with Gasteiger partial charge in [0.05, 0.1) is 0 Å². The van der Waals surface area contributed by atoms with Gasteiger partial charge in [0.1, 0.15) is 5.82 Å². The highest BCUT2D eigenvalue weighted by Gasteiger charge is 2.22. The van der Waals surface area contributed by atoms with E-state index in [9.17, 15) is 0 Å². The largest absolute Gasteiger partial charge is 0.340 e. The number of rotatable bonds is 5. The van der Waals surface area contributed by atoms with Gasteiger partial charge in [-0.15, -0.1) is 5.10 Å². The fourth-order valence-electron chi connectivity index (χ4n) is 2.55. The molecule has 1 unspecified atom stereocenters. The molecule has 0 spiro atoms. The summed E-state index contributed by atoms with van der Waals surface area (Å²) in [5, 5.41) is 10.8. The van der Waals surface area contributed by atoms with E-state index in [4.69, 9.17) is 0 Å². The van der Waals surface area contributed by atoms with Crippen LogP contribution in [0.1, 0.15) is 45.4 Å². The van der Waals surface area contributed by atoms with E-state index in [0.717, 1.165) is 37.3 Å².